The van der Waals surface area contributed by atoms with E-state index in [1.54, 1.807) is 0 Å². The van der Waals surface area contributed by atoms with E-state index in [4.69, 9.17) is 5.53 Å². The second-order valence-electron chi connectivity index (χ2n) is 3.50. The van der Waals surface area contributed by atoms with Crippen molar-refractivity contribution in [3.05, 3.63) is 22.2 Å². The van der Waals surface area contributed by atoms with Crippen LogP contribution in [0.3, 0.4) is 0 Å². The first-order chi connectivity index (χ1) is 5.58. The molecule has 0 atom stereocenters. The molecule has 0 spiro atoms. The molecule has 0 aliphatic carbocycles. The molecule has 0 N–H and O–H groups in total. The van der Waals surface area contributed by atoms with Crippen molar-refractivity contribution in [2.75, 3.05) is 0 Å². The third-order valence-corrected chi connectivity index (χ3v) is 1.99. The molecule has 0 saturated carbocycles. The highest BCUT2D eigenvalue weighted by Gasteiger charge is 2.20. The predicted molar refractivity (Wildman–Crippen MR) is 51.6 cm³/mol. The third-order valence-electron chi connectivity index (χ3n) is 1.99. The summed E-state index contributed by atoms with van der Waals surface area (Å²) in [6, 6.07) is 0. The van der Waals surface area contributed by atoms with Gasteiger partial charge in [-0.25, -0.2) is 0 Å². The van der Waals surface area contributed by atoms with Gasteiger partial charge in [0.05, 0.1) is 0 Å². The summed E-state index contributed by atoms with van der Waals surface area (Å²) >= 11 is 0. The van der Waals surface area contributed by atoms with Crippen molar-refractivity contribution in [3.63, 3.8) is 0 Å². The van der Waals surface area contributed by atoms with Gasteiger partial charge < -0.3 is 0 Å². The molecular weight excluding hydrogens is 150 g/mol. The molecule has 0 heterocycles. The van der Waals surface area contributed by atoms with Crippen LogP contribution >= 0.6 is 0 Å². The summed E-state index contributed by atoms with van der Waals surface area (Å²) in [6.45, 7) is 8.23. The molecule has 0 bridgehead atoms. The number of azide groups is 1. The van der Waals surface area contributed by atoms with Gasteiger partial charge in [-0.2, -0.15) is 0 Å². The Morgan fingerprint density at radius 2 is 2.17 bits per heavy atom. The van der Waals surface area contributed by atoms with Crippen LogP contribution < -0.4 is 0 Å². The van der Waals surface area contributed by atoms with E-state index >= 15 is 0 Å². The highest BCUT2D eigenvalue weighted by molar-refractivity contribution is 5.09. The lowest BCUT2D eigenvalue weighted by atomic mass is 9.84. The normalized spacial score (nSPS) is 12.5. The fraction of sp³-hybridized carbons (Fsp3) is 0.778. The lowest BCUT2D eigenvalue weighted by molar-refractivity contribution is 0.397. The zero-order valence-corrected chi connectivity index (χ0v) is 8.33. The Balaban J connectivity index is 4.60. The predicted octanol–water partition coefficient (Wildman–Crippen LogP) is 4.03. The SMILES string of the molecule is CC=C(N=[N+]=[N-])C(C)(C)CCC. The van der Waals surface area contributed by atoms with Gasteiger partial charge in [0.15, 0.2) is 0 Å². The molecular formula is C9H17N3. The Labute approximate surface area is 74.1 Å². The Kier molecular flexibility index (Phi) is 4.45. The van der Waals surface area contributed by atoms with Crippen LogP contribution in [0.1, 0.15) is 40.5 Å². The smallest absolute Gasteiger partial charge is 0.0164 e. The van der Waals surface area contributed by atoms with E-state index in [-0.39, 0.29) is 5.41 Å². The molecule has 68 valence electrons. The van der Waals surface area contributed by atoms with Crippen LogP contribution in [0, 0.1) is 5.41 Å². The lowest BCUT2D eigenvalue weighted by Crippen LogP contribution is -2.12. The first-order valence-electron chi connectivity index (χ1n) is 4.30. The number of nitrogens with zero attached hydrogens (tertiary/aromatic N) is 3. The number of rotatable bonds is 4. The van der Waals surface area contributed by atoms with Gasteiger partial charge in [-0.3, -0.25) is 0 Å². The van der Waals surface area contributed by atoms with Gasteiger partial charge in [0, 0.05) is 10.6 Å². The molecule has 0 radical (unpaired) electrons. The second kappa shape index (κ2) is 4.83. The first-order valence-corrected chi connectivity index (χ1v) is 4.30. The Bertz CT molecular complexity index is 210. The van der Waals surface area contributed by atoms with Crippen LogP contribution in [0.2, 0.25) is 0 Å². The third kappa shape index (κ3) is 2.97. The molecule has 0 aliphatic rings. The topological polar surface area (TPSA) is 48.8 Å². The zero-order valence-electron chi connectivity index (χ0n) is 8.33. The van der Waals surface area contributed by atoms with Crippen LogP contribution in [-0.2, 0) is 0 Å². The quantitative estimate of drug-likeness (QED) is 0.345. The summed E-state index contributed by atoms with van der Waals surface area (Å²) < 4.78 is 0. The molecule has 0 amide bonds. The lowest BCUT2D eigenvalue weighted by Gasteiger charge is -2.24. The van der Waals surface area contributed by atoms with Gasteiger partial charge in [0.1, 0.15) is 0 Å². The largest absolute Gasteiger partial charge is 0.0816 e. The van der Waals surface area contributed by atoms with E-state index in [0.717, 1.165) is 18.5 Å². The summed E-state index contributed by atoms with van der Waals surface area (Å²) in [4.78, 5) is 2.81. The van der Waals surface area contributed by atoms with Crippen LogP contribution in [0.15, 0.2) is 16.9 Å². The molecule has 0 saturated heterocycles. The van der Waals surface area contributed by atoms with E-state index < -0.39 is 0 Å². The maximum Gasteiger partial charge on any atom is 0.0164 e. The summed E-state index contributed by atoms with van der Waals surface area (Å²) in [5.41, 5.74) is 9.17. The monoisotopic (exact) mass is 167 g/mol. The van der Waals surface area contributed by atoms with Crippen molar-refractivity contribution < 1.29 is 0 Å². The van der Waals surface area contributed by atoms with Crippen molar-refractivity contribution in [2.45, 2.75) is 40.5 Å². The van der Waals surface area contributed by atoms with E-state index in [0.29, 0.717) is 0 Å². The van der Waals surface area contributed by atoms with E-state index in [1.807, 2.05) is 13.0 Å². The van der Waals surface area contributed by atoms with Gasteiger partial charge in [-0.15, -0.1) is 0 Å². The van der Waals surface area contributed by atoms with E-state index in [2.05, 4.69) is 30.8 Å². The molecule has 0 fully saturated rings. The average Bonchev–Trinajstić information content (AvgIpc) is 1.99. The van der Waals surface area contributed by atoms with Crippen LogP contribution in [0.4, 0.5) is 0 Å². The van der Waals surface area contributed by atoms with Gasteiger partial charge in [0.25, 0.3) is 0 Å². The molecule has 0 rings (SSSR count). The molecule has 3 heteroatoms. The molecule has 0 aromatic rings. The standard InChI is InChI=1S/C9H17N3/c1-5-7-9(3,4)8(6-2)11-12-10/h6H,5,7H2,1-4H3. The summed E-state index contributed by atoms with van der Waals surface area (Å²) in [7, 11) is 0. The van der Waals surface area contributed by atoms with Crippen molar-refractivity contribution in [2.24, 2.45) is 10.5 Å². The highest BCUT2D eigenvalue weighted by atomic mass is 15.1. The van der Waals surface area contributed by atoms with Crippen molar-refractivity contribution in [1.29, 1.82) is 0 Å². The summed E-state index contributed by atoms with van der Waals surface area (Å²) in [6.07, 6.45) is 4.03. The number of allylic oxidation sites excluding steroid dienone is 2. The van der Waals surface area contributed by atoms with Crippen molar-refractivity contribution >= 4 is 0 Å². The van der Waals surface area contributed by atoms with Gasteiger partial charge in [-0.05, 0) is 24.3 Å². The Morgan fingerprint density at radius 3 is 2.50 bits per heavy atom. The molecule has 0 aliphatic heterocycles. The number of hydrogen-bond donors (Lipinski definition) is 0. The Hall–Kier alpha value is -0.950. The fourth-order valence-corrected chi connectivity index (χ4v) is 1.39. The molecule has 12 heavy (non-hydrogen) atoms. The summed E-state index contributed by atoms with van der Waals surface area (Å²) in [5.74, 6) is 0. The molecule has 0 aromatic heterocycles. The Morgan fingerprint density at radius 1 is 1.58 bits per heavy atom. The zero-order chi connectivity index (χ0) is 9.61. The molecule has 3 nitrogen and oxygen atoms in total. The molecule has 0 aromatic carbocycles. The minimum absolute atomic E-state index is 0.00965. The maximum atomic E-state index is 8.32. The van der Waals surface area contributed by atoms with E-state index in [9.17, 15) is 0 Å². The highest BCUT2D eigenvalue weighted by Crippen LogP contribution is 2.32. The van der Waals surface area contributed by atoms with Crippen LogP contribution in [0.5, 0.6) is 0 Å². The van der Waals surface area contributed by atoms with Gasteiger partial charge >= 0.3 is 0 Å². The van der Waals surface area contributed by atoms with Crippen LogP contribution in [-0.4, -0.2) is 0 Å². The minimum atomic E-state index is 0.00965. The molecule has 0 unspecified atom stereocenters. The van der Waals surface area contributed by atoms with Crippen molar-refractivity contribution in [1.82, 2.24) is 0 Å². The van der Waals surface area contributed by atoms with E-state index in [1.165, 1.54) is 0 Å². The maximum absolute atomic E-state index is 8.32. The number of hydrogen-bond acceptors (Lipinski definition) is 1. The van der Waals surface area contributed by atoms with Crippen molar-refractivity contribution in [3.8, 4) is 0 Å². The fourth-order valence-electron chi connectivity index (χ4n) is 1.39. The van der Waals surface area contributed by atoms with Crippen LogP contribution in [0.25, 0.3) is 10.4 Å². The minimum Gasteiger partial charge on any atom is -0.0816 e. The second-order valence-corrected chi connectivity index (χ2v) is 3.50. The average molecular weight is 167 g/mol. The summed E-state index contributed by atoms with van der Waals surface area (Å²) in [5, 5.41) is 3.67. The first kappa shape index (κ1) is 11.1. The van der Waals surface area contributed by atoms with Gasteiger partial charge in [0.2, 0.25) is 0 Å². The van der Waals surface area contributed by atoms with Gasteiger partial charge in [-0.1, -0.05) is 38.4 Å².